The van der Waals surface area contributed by atoms with Crippen LogP contribution in [0.2, 0.25) is 0 Å². The summed E-state index contributed by atoms with van der Waals surface area (Å²) >= 11 is 1.61. The average molecular weight is 352 g/mol. The van der Waals surface area contributed by atoms with Gasteiger partial charge in [-0.25, -0.2) is 4.98 Å². The highest BCUT2D eigenvalue weighted by atomic mass is 32.1. The second-order valence-electron chi connectivity index (χ2n) is 7.38. The van der Waals surface area contributed by atoms with Gasteiger partial charge in [0.15, 0.2) is 5.60 Å². The second kappa shape index (κ2) is 7.93. The minimum absolute atomic E-state index is 0.0813. The first-order valence-electron chi connectivity index (χ1n) is 9.20. The first-order chi connectivity index (χ1) is 11.6. The van der Waals surface area contributed by atoms with Crippen LogP contribution in [0.4, 0.5) is 0 Å². The Morgan fingerprint density at radius 3 is 2.88 bits per heavy atom. The number of likely N-dealkylation sites (tertiary alicyclic amines) is 1. The van der Waals surface area contributed by atoms with Crippen molar-refractivity contribution < 1.29 is 9.90 Å². The number of amides is 1. The third kappa shape index (κ3) is 4.35. The number of hydrogen-bond acceptors (Lipinski definition) is 5. The Morgan fingerprint density at radius 1 is 1.38 bits per heavy atom. The number of nitrogens with zero attached hydrogens (tertiary/aromatic N) is 2. The van der Waals surface area contributed by atoms with E-state index in [1.54, 1.807) is 11.3 Å². The maximum Gasteiger partial charge on any atom is 0.255 e. The summed E-state index contributed by atoms with van der Waals surface area (Å²) in [7, 11) is 0. The van der Waals surface area contributed by atoms with E-state index in [0.717, 1.165) is 30.2 Å². The van der Waals surface area contributed by atoms with Gasteiger partial charge in [0.05, 0.1) is 0 Å². The number of aryl methyl sites for hydroxylation is 1. The molecule has 0 aromatic carbocycles. The van der Waals surface area contributed by atoms with Crippen LogP contribution in [0, 0.1) is 12.8 Å². The molecule has 6 heteroatoms. The summed E-state index contributed by atoms with van der Waals surface area (Å²) in [6.45, 7) is 4.51. The van der Waals surface area contributed by atoms with Gasteiger partial charge in [0.1, 0.15) is 5.01 Å². The van der Waals surface area contributed by atoms with Gasteiger partial charge in [0.2, 0.25) is 0 Å². The molecule has 1 atom stereocenters. The molecule has 2 N–H and O–H groups in total. The first kappa shape index (κ1) is 17.8. The van der Waals surface area contributed by atoms with Crippen LogP contribution in [0.25, 0.3) is 0 Å². The van der Waals surface area contributed by atoms with Gasteiger partial charge in [-0.05, 0) is 38.5 Å². The number of carbonyl (C=O) groups excluding carboxylic acids is 1. The molecule has 1 aliphatic carbocycles. The molecule has 2 fully saturated rings. The zero-order valence-electron chi connectivity index (χ0n) is 14.6. The maximum atomic E-state index is 12.8. The van der Waals surface area contributed by atoms with Crippen molar-refractivity contribution in [3.05, 3.63) is 16.1 Å². The molecule has 2 heterocycles. The van der Waals surface area contributed by atoms with Crippen molar-refractivity contribution in [1.29, 1.82) is 0 Å². The molecule has 1 aliphatic heterocycles. The summed E-state index contributed by atoms with van der Waals surface area (Å²) in [5.41, 5.74) is -0.234. The lowest BCUT2D eigenvalue weighted by Gasteiger charge is -2.40. The molecule has 1 aromatic rings. The van der Waals surface area contributed by atoms with Crippen LogP contribution in [-0.4, -0.2) is 46.1 Å². The van der Waals surface area contributed by atoms with Gasteiger partial charge in [0, 0.05) is 37.3 Å². The number of rotatable bonds is 6. The molecule has 1 unspecified atom stereocenters. The van der Waals surface area contributed by atoms with E-state index in [1.165, 1.54) is 32.1 Å². The first-order valence-corrected chi connectivity index (χ1v) is 10.1. The van der Waals surface area contributed by atoms with Gasteiger partial charge in [-0.2, -0.15) is 0 Å². The monoisotopic (exact) mass is 351 g/mol. The molecule has 1 saturated heterocycles. The Kier molecular flexibility index (Phi) is 5.89. The van der Waals surface area contributed by atoms with E-state index in [-0.39, 0.29) is 5.91 Å². The Morgan fingerprint density at radius 2 is 2.17 bits per heavy atom. The van der Waals surface area contributed by atoms with Crippen LogP contribution in [0.3, 0.4) is 0 Å². The fourth-order valence-corrected chi connectivity index (χ4v) is 4.69. The number of thiazole rings is 1. The van der Waals surface area contributed by atoms with Gasteiger partial charge in [-0.15, -0.1) is 11.3 Å². The molecule has 1 saturated carbocycles. The summed E-state index contributed by atoms with van der Waals surface area (Å²) in [6, 6.07) is 0. The van der Waals surface area contributed by atoms with Crippen molar-refractivity contribution in [2.24, 2.45) is 5.92 Å². The third-order valence-electron chi connectivity index (χ3n) is 5.27. The molecule has 0 spiro atoms. The molecule has 1 amide bonds. The molecule has 0 radical (unpaired) electrons. The van der Waals surface area contributed by atoms with Gasteiger partial charge in [0.25, 0.3) is 5.91 Å². The van der Waals surface area contributed by atoms with Crippen molar-refractivity contribution in [2.45, 2.75) is 64.0 Å². The summed E-state index contributed by atoms with van der Waals surface area (Å²) in [6.07, 6.45) is 7.78. The lowest BCUT2D eigenvalue weighted by Crippen LogP contribution is -2.58. The number of carbonyl (C=O) groups is 1. The predicted octanol–water partition coefficient (Wildman–Crippen LogP) is 2.47. The minimum Gasteiger partial charge on any atom is -0.379 e. The van der Waals surface area contributed by atoms with Crippen LogP contribution in [-0.2, 0) is 11.3 Å². The van der Waals surface area contributed by atoms with Crippen LogP contribution >= 0.6 is 11.3 Å². The Labute approximate surface area is 148 Å². The van der Waals surface area contributed by atoms with Crippen molar-refractivity contribution >= 4 is 17.2 Å². The topological polar surface area (TPSA) is 65.5 Å². The van der Waals surface area contributed by atoms with Crippen LogP contribution in [0.15, 0.2) is 5.38 Å². The highest BCUT2D eigenvalue weighted by Gasteiger charge is 2.42. The normalized spacial score (nSPS) is 26.1. The number of aliphatic hydroxyl groups is 1. The Balaban J connectivity index is 1.52. The summed E-state index contributed by atoms with van der Waals surface area (Å²) in [5.74, 6) is 0.540. The van der Waals surface area contributed by atoms with E-state index in [9.17, 15) is 9.90 Å². The lowest BCUT2D eigenvalue weighted by atomic mass is 9.86. The van der Waals surface area contributed by atoms with Crippen molar-refractivity contribution in [3.8, 4) is 0 Å². The standard InChI is InChI=1S/C18H29N3O2S/c1-14-12-24-16(20-14)10-19-13-18(23)8-5-9-21(17(18)22)11-15-6-3-2-4-7-15/h12,15,19,23H,2-11,13H2,1H3. The zero-order valence-corrected chi connectivity index (χ0v) is 15.4. The van der Waals surface area contributed by atoms with Crippen LogP contribution < -0.4 is 5.32 Å². The highest BCUT2D eigenvalue weighted by molar-refractivity contribution is 7.09. The quantitative estimate of drug-likeness (QED) is 0.826. The van der Waals surface area contributed by atoms with E-state index < -0.39 is 5.60 Å². The smallest absolute Gasteiger partial charge is 0.255 e. The minimum atomic E-state index is -1.25. The molecular weight excluding hydrogens is 322 g/mol. The van der Waals surface area contributed by atoms with E-state index in [2.05, 4.69) is 10.3 Å². The Bertz CT molecular complexity index is 556. The number of hydrogen-bond donors (Lipinski definition) is 2. The molecule has 1 aromatic heterocycles. The molecule has 2 aliphatic rings. The van der Waals surface area contributed by atoms with Crippen molar-refractivity contribution in [2.75, 3.05) is 19.6 Å². The van der Waals surface area contributed by atoms with Gasteiger partial charge >= 0.3 is 0 Å². The van der Waals surface area contributed by atoms with E-state index in [1.807, 2.05) is 17.2 Å². The summed E-state index contributed by atoms with van der Waals surface area (Å²) < 4.78 is 0. The van der Waals surface area contributed by atoms with Crippen molar-refractivity contribution in [3.63, 3.8) is 0 Å². The summed E-state index contributed by atoms with van der Waals surface area (Å²) in [5, 5.41) is 17.1. The molecule has 3 rings (SSSR count). The van der Waals surface area contributed by atoms with Crippen LogP contribution in [0.1, 0.15) is 55.6 Å². The Hall–Kier alpha value is -0.980. The molecule has 24 heavy (non-hydrogen) atoms. The molecule has 0 bridgehead atoms. The summed E-state index contributed by atoms with van der Waals surface area (Å²) in [4.78, 5) is 19.1. The lowest BCUT2D eigenvalue weighted by molar-refractivity contribution is -0.157. The van der Waals surface area contributed by atoms with E-state index in [4.69, 9.17) is 0 Å². The van der Waals surface area contributed by atoms with Gasteiger partial charge in [-0.3, -0.25) is 4.79 Å². The molecular formula is C18H29N3O2S. The number of aromatic nitrogens is 1. The maximum absolute atomic E-state index is 12.8. The van der Waals surface area contributed by atoms with E-state index >= 15 is 0 Å². The second-order valence-corrected chi connectivity index (χ2v) is 8.32. The predicted molar refractivity (Wildman–Crippen MR) is 95.9 cm³/mol. The van der Waals surface area contributed by atoms with E-state index in [0.29, 0.717) is 25.4 Å². The largest absolute Gasteiger partial charge is 0.379 e. The van der Waals surface area contributed by atoms with Crippen LogP contribution in [0.5, 0.6) is 0 Å². The number of nitrogens with one attached hydrogen (secondary N) is 1. The average Bonchev–Trinajstić information content (AvgIpc) is 2.98. The highest BCUT2D eigenvalue weighted by Crippen LogP contribution is 2.28. The third-order valence-corrected chi connectivity index (χ3v) is 6.23. The SMILES string of the molecule is Cc1csc(CNCC2(O)CCCN(CC3CCCCC3)C2=O)n1. The fourth-order valence-electron chi connectivity index (χ4n) is 3.94. The van der Waals surface area contributed by atoms with Crippen molar-refractivity contribution in [1.82, 2.24) is 15.2 Å². The zero-order chi connectivity index (χ0) is 17.0. The molecule has 134 valence electrons. The molecule has 5 nitrogen and oxygen atoms in total. The van der Waals surface area contributed by atoms with Gasteiger partial charge in [-0.1, -0.05) is 19.3 Å². The fraction of sp³-hybridized carbons (Fsp3) is 0.778. The number of piperidine rings is 1. The van der Waals surface area contributed by atoms with Gasteiger partial charge < -0.3 is 15.3 Å².